The number of fused-ring (bicyclic) bond motifs is 1. The first kappa shape index (κ1) is 12.1. The smallest absolute Gasteiger partial charge is 0.130 e. The predicted octanol–water partition coefficient (Wildman–Crippen LogP) is 3.25. The van der Waals surface area contributed by atoms with Gasteiger partial charge in [-0.05, 0) is 12.1 Å². The summed E-state index contributed by atoms with van der Waals surface area (Å²) in [5.41, 5.74) is 1.83. The Morgan fingerprint density at radius 3 is 2.53 bits per heavy atom. The van der Waals surface area contributed by atoms with Crippen LogP contribution in [0.5, 0.6) is 11.5 Å². The van der Waals surface area contributed by atoms with Gasteiger partial charge in [-0.1, -0.05) is 36.4 Å². The van der Waals surface area contributed by atoms with Gasteiger partial charge >= 0.3 is 0 Å². The molecule has 2 aromatic carbocycles. The van der Waals surface area contributed by atoms with E-state index in [1.165, 1.54) is 0 Å². The third-order valence-corrected chi connectivity index (χ3v) is 3.47. The molecular formula is C16H16O3. The Kier molecular flexibility index (Phi) is 3.13. The molecule has 19 heavy (non-hydrogen) atoms. The number of para-hydroxylation sites is 2. The van der Waals surface area contributed by atoms with E-state index in [4.69, 9.17) is 9.47 Å². The van der Waals surface area contributed by atoms with Crippen molar-refractivity contribution < 1.29 is 14.6 Å². The van der Waals surface area contributed by atoms with Gasteiger partial charge in [0.2, 0.25) is 0 Å². The predicted molar refractivity (Wildman–Crippen MR) is 72.4 cm³/mol. The second-order valence-corrected chi connectivity index (χ2v) is 4.64. The van der Waals surface area contributed by atoms with Crippen LogP contribution in [0.3, 0.4) is 0 Å². The van der Waals surface area contributed by atoms with E-state index >= 15 is 0 Å². The first-order valence-corrected chi connectivity index (χ1v) is 6.36. The summed E-state index contributed by atoms with van der Waals surface area (Å²) in [7, 11) is 1.64. The molecular weight excluding hydrogens is 240 g/mol. The minimum absolute atomic E-state index is 0.180. The molecule has 0 aliphatic carbocycles. The number of benzene rings is 2. The third kappa shape index (κ3) is 2.17. The molecule has 2 aromatic rings. The van der Waals surface area contributed by atoms with Crippen molar-refractivity contribution in [2.45, 2.75) is 18.6 Å². The number of hydrogen-bond donors (Lipinski definition) is 1. The maximum atomic E-state index is 10.2. The number of methoxy groups -OCH3 is 1. The highest BCUT2D eigenvalue weighted by atomic mass is 16.5. The van der Waals surface area contributed by atoms with Crippen LogP contribution in [0.15, 0.2) is 48.5 Å². The quantitative estimate of drug-likeness (QED) is 0.896. The summed E-state index contributed by atoms with van der Waals surface area (Å²) in [5, 5.41) is 10.2. The van der Waals surface area contributed by atoms with Gasteiger partial charge in [-0.15, -0.1) is 0 Å². The van der Waals surface area contributed by atoms with E-state index in [-0.39, 0.29) is 6.10 Å². The zero-order valence-electron chi connectivity index (χ0n) is 10.7. The number of ether oxygens (including phenoxy) is 2. The first-order valence-electron chi connectivity index (χ1n) is 6.36. The third-order valence-electron chi connectivity index (χ3n) is 3.47. The van der Waals surface area contributed by atoms with Gasteiger partial charge in [-0.25, -0.2) is 0 Å². The van der Waals surface area contributed by atoms with Crippen LogP contribution in [0.25, 0.3) is 0 Å². The Bertz CT molecular complexity index is 580. The van der Waals surface area contributed by atoms with Crippen molar-refractivity contribution in [3.8, 4) is 11.5 Å². The van der Waals surface area contributed by atoms with Gasteiger partial charge in [0, 0.05) is 17.5 Å². The van der Waals surface area contributed by atoms with Crippen molar-refractivity contribution in [1.29, 1.82) is 0 Å². The molecule has 1 aliphatic rings. The Balaban J connectivity index is 1.97. The molecule has 0 bridgehead atoms. The minimum atomic E-state index is -0.500. The molecule has 2 atom stereocenters. The largest absolute Gasteiger partial charge is 0.496 e. The Morgan fingerprint density at radius 2 is 1.74 bits per heavy atom. The lowest BCUT2D eigenvalue weighted by atomic mass is 9.94. The van der Waals surface area contributed by atoms with Gasteiger partial charge in [-0.3, -0.25) is 0 Å². The van der Waals surface area contributed by atoms with E-state index < -0.39 is 6.10 Å². The summed E-state index contributed by atoms with van der Waals surface area (Å²) in [4.78, 5) is 0. The monoisotopic (exact) mass is 256 g/mol. The Hall–Kier alpha value is -2.00. The molecule has 1 aliphatic heterocycles. The standard InChI is InChI=1S/C16H16O3/c1-18-14-8-4-3-7-12(14)16-10-13(17)11-6-2-5-9-15(11)19-16/h2-9,13,16-17H,10H2,1H3/t13-,16?/m0/s1. The lowest BCUT2D eigenvalue weighted by molar-refractivity contribution is 0.0645. The van der Waals surface area contributed by atoms with Crippen molar-refractivity contribution in [1.82, 2.24) is 0 Å². The summed E-state index contributed by atoms with van der Waals surface area (Å²) in [6.45, 7) is 0. The van der Waals surface area contributed by atoms with Crippen LogP contribution in [-0.2, 0) is 0 Å². The molecule has 0 saturated heterocycles. The summed E-state index contributed by atoms with van der Waals surface area (Å²) in [6.07, 6.45) is -0.141. The Morgan fingerprint density at radius 1 is 1.05 bits per heavy atom. The average molecular weight is 256 g/mol. The number of rotatable bonds is 2. The second kappa shape index (κ2) is 4.94. The van der Waals surface area contributed by atoms with Gasteiger partial charge < -0.3 is 14.6 Å². The maximum Gasteiger partial charge on any atom is 0.130 e. The molecule has 3 nitrogen and oxygen atoms in total. The lowest BCUT2D eigenvalue weighted by Crippen LogP contribution is -2.19. The molecule has 1 N–H and O–H groups in total. The van der Waals surface area contributed by atoms with Gasteiger partial charge in [0.05, 0.1) is 13.2 Å². The molecule has 0 radical (unpaired) electrons. The molecule has 0 spiro atoms. The average Bonchev–Trinajstić information content (AvgIpc) is 2.47. The number of aliphatic hydroxyl groups excluding tert-OH is 1. The molecule has 1 unspecified atom stereocenters. The van der Waals surface area contributed by atoms with Gasteiger partial charge in [0.25, 0.3) is 0 Å². The normalized spacial score (nSPS) is 21.4. The topological polar surface area (TPSA) is 38.7 Å². The number of hydrogen-bond acceptors (Lipinski definition) is 3. The first-order chi connectivity index (χ1) is 9.29. The summed E-state index contributed by atoms with van der Waals surface area (Å²) < 4.78 is 11.4. The van der Waals surface area contributed by atoms with E-state index in [9.17, 15) is 5.11 Å². The Labute approximate surface area is 112 Å². The summed E-state index contributed by atoms with van der Waals surface area (Å²) >= 11 is 0. The fourth-order valence-electron chi connectivity index (χ4n) is 2.52. The van der Waals surface area contributed by atoms with Crippen LogP contribution in [0, 0.1) is 0 Å². The van der Waals surface area contributed by atoms with E-state index in [1.807, 2.05) is 48.5 Å². The van der Waals surface area contributed by atoms with Crippen LogP contribution in [0.4, 0.5) is 0 Å². The SMILES string of the molecule is COc1ccccc1C1C[C@H](O)c2ccccc2O1. The minimum Gasteiger partial charge on any atom is -0.496 e. The van der Waals surface area contributed by atoms with Crippen LogP contribution < -0.4 is 9.47 Å². The zero-order valence-corrected chi connectivity index (χ0v) is 10.7. The van der Waals surface area contributed by atoms with E-state index in [0.717, 1.165) is 22.6 Å². The van der Waals surface area contributed by atoms with Crippen molar-refractivity contribution in [2.75, 3.05) is 7.11 Å². The van der Waals surface area contributed by atoms with Crippen molar-refractivity contribution in [3.63, 3.8) is 0 Å². The van der Waals surface area contributed by atoms with Crippen molar-refractivity contribution >= 4 is 0 Å². The fraction of sp³-hybridized carbons (Fsp3) is 0.250. The molecule has 0 fully saturated rings. The lowest BCUT2D eigenvalue weighted by Gasteiger charge is -2.30. The summed E-state index contributed by atoms with van der Waals surface area (Å²) in [6, 6.07) is 15.4. The van der Waals surface area contributed by atoms with E-state index in [0.29, 0.717) is 6.42 Å². The molecule has 3 rings (SSSR count). The highest BCUT2D eigenvalue weighted by molar-refractivity contribution is 5.41. The second-order valence-electron chi connectivity index (χ2n) is 4.64. The molecule has 3 heteroatoms. The van der Waals surface area contributed by atoms with E-state index in [2.05, 4.69) is 0 Å². The zero-order chi connectivity index (χ0) is 13.2. The van der Waals surface area contributed by atoms with Gasteiger partial charge in [0.1, 0.15) is 17.6 Å². The van der Waals surface area contributed by atoms with Gasteiger partial charge in [-0.2, -0.15) is 0 Å². The van der Waals surface area contributed by atoms with Crippen LogP contribution in [0.2, 0.25) is 0 Å². The highest BCUT2D eigenvalue weighted by Crippen LogP contribution is 2.42. The summed E-state index contributed by atoms with van der Waals surface area (Å²) in [5.74, 6) is 1.54. The maximum absolute atomic E-state index is 10.2. The van der Waals surface area contributed by atoms with Gasteiger partial charge in [0.15, 0.2) is 0 Å². The highest BCUT2D eigenvalue weighted by Gasteiger charge is 2.29. The molecule has 98 valence electrons. The van der Waals surface area contributed by atoms with Crippen LogP contribution in [-0.4, -0.2) is 12.2 Å². The van der Waals surface area contributed by atoms with Crippen molar-refractivity contribution in [2.24, 2.45) is 0 Å². The number of aliphatic hydroxyl groups is 1. The molecule has 0 amide bonds. The van der Waals surface area contributed by atoms with E-state index in [1.54, 1.807) is 7.11 Å². The molecule has 0 aromatic heterocycles. The molecule has 1 heterocycles. The van der Waals surface area contributed by atoms with Crippen LogP contribution >= 0.6 is 0 Å². The van der Waals surface area contributed by atoms with Crippen LogP contribution in [0.1, 0.15) is 29.8 Å². The molecule has 0 saturated carbocycles. The van der Waals surface area contributed by atoms with Crippen molar-refractivity contribution in [3.05, 3.63) is 59.7 Å². The fourth-order valence-corrected chi connectivity index (χ4v) is 2.52.